The van der Waals surface area contributed by atoms with Crippen LogP contribution in [0.25, 0.3) is 0 Å². The molecule has 22 heavy (non-hydrogen) atoms. The Hall–Kier alpha value is -1.59. The van der Waals surface area contributed by atoms with E-state index in [2.05, 4.69) is 17.4 Å². The first-order chi connectivity index (χ1) is 10.8. The summed E-state index contributed by atoms with van der Waals surface area (Å²) in [5.74, 6) is 3.02. The number of hydrogen-bond acceptors (Lipinski definition) is 4. The van der Waals surface area contributed by atoms with Crippen LogP contribution in [0.1, 0.15) is 20.5 Å². The molecule has 0 atom stereocenters. The van der Waals surface area contributed by atoms with Crippen LogP contribution in [0.4, 0.5) is 5.69 Å². The number of amides is 1. The van der Waals surface area contributed by atoms with Crippen molar-refractivity contribution in [2.45, 2.75) is 4.58 Å². The number of ether oxygens (including phenoxy) is 1. The van der Waals surface area contributed by atoms with Gasteiger partial charge in [0.25, 0.3) is 5.91 Å². The Balaban J connectivity index is 1.69. The third kappa shape index (κ3) is 3.59. The number of methoxy groups -OCH3 is 1. The molecule has 1 heterocycles. The minimum atomic E-state index is -0.105. The predicted molar refractivity (Wildman–Crippen MR) is 95.0 cm³/mol. The molecule has 3 nitrogen and oxygen atoms in total. The average molecular weight is 331 g/mol. The van der Waals surface area contributed by atoms with E-state index >= 15 is 0 Å². The highest BCUT2D eigenvalue weighted by Gasteiger charge is 2.18. The Morgan fingerprint density at radius 2 is 1.86 bits per heavy atom. The molecular formula is C17H17NO2S2. The standard InChI is InChI=1S/C17H17NO2S2/c1-20-15-4-2-3-14(11-15)18-16(19)12-5-7-13(8-6-12)17-21-9-10-22-17/h2-8,11,17H,9-10H2,1H3,(H,18,19). The van der Waals surface area contributed by atoms with E-state index in [1.165, 1.54) is 17.1 Å². The second-order valence-electron chi connectivity index (χ2n) is 4.88. The third-order valence-corrected chi connectivity index (χ3v) is 6.50. The number of rotatable bonds is 4. The first-order valence-electron chi connectivity index (χ1n) is 7.05. The minimum absolute atomic E-state index is 0.105. The van der Waals surface area contributed by atoms with Crippen LogP contribution < -0.4 is 10.1 Å². The van der Waals surface area contributed by atoms with Crippen molar-refractivity contribution < 1.29 is 9.53 Å². The van der Waals surface area contributed by atoms with Crippen LogP contribution in [-0.4, -0.2) is 24.5 Å². The summed E-state index contributed by atoms with van der Waals surface area (Å²) in [4.78, 5) is 12.3. The Kier molecular flexibility index (Phi) is 4.95. The van der Waals surface area contributed by atoms with Crippen LogP contribution in [0.3, 0.4) is 0 Å². The van der Waals surface area contributed by atoms with E-state index in [0.717, 1.165) is 11.4 Å². The molecule has 2 aromatic rings. The van der Waals surface area contributed by atoms with Crippen molar-refractivity contribution in [3.05, 3.63) is 59.7 Å². The van der Waals surface area contributed by atoms with Crippen LogP contribution in [0.15, 0.2) is 48.5 Å². The Morgan fingerprint density at radius 1 is 1.14 bits per heavy atom. The van der Waals surface area contributed by atoms with E-state index in [-0.39, 0.29) is 5.91 Å². The molecule has 0 aromatic heterocycles. The summed E-state index contributed by atoms with van der Waals surface area (Å²) in [7, 11) is 1.61. The summed E-state index contributed by atoms with van der Waals surface area (Å²) in [5, 5.41) is 2.89. The molecule has 1 saturated heterocycles. The molecule has 0 spiro atoms. The lowest BCUT2D eigenvalue weighted by atomic mass is 10.1. The lowest BCUT2D eigenvalue weighted by Gasteiger charge is -2.10. The number of carbonyl (C=O) groups excluding carboxylic acids is 1. The van der Waals surface area contributed by atoms with Gasteiger partial charge in [-0.3, -0.25) is 4.79 Å². The average Bonchev–Trinajstić information content (AvgIpc) is 3.09. The maximum absolute atomic E-state index is 12.3. The molecule has 114 valence electrons. The molecule has 1 N–H and O–H groups in total. The Labute approximate surface area is 138 Å². The van der Waals surface area contributed by atoms with E-state index in [1.807, 2.05) is 53.9 Å². The molecule has 1 aliphatic rings. The molecule has 1 aliphatic heterocycles. The Morgan fingerprint density at radius 3 is 2.55 bits per heavy atom. The highest BCUT2D eigenvalue weighted by Crippen LogP contribution is 2.45. The normalized spacial score (nSPS) is 14.8. The van der Waals surface area contributed by atoms with Crippen molar-refractivity contribution in [3.8, 4) is 5.75 Å². The SMILES string of the molecule is COc1cccc(NC(=O)c2ccc(C3SCCS3)cc2)c1. The Bertz CT molecular complexity index is 652. The molecule has 3 rings (SSSR count). The molecular weight excluding hydrogens is 314 g/mol. The zero-order chi connectivity index (χ0) is 15.4. The second kappa shape index (κ2) is 7.11. The van der Waals surface area contributed by atoms with Crippen LogP contribution in [0.5, 0.6) is 5.75 Å². The fourth-order valence-electron chi connectivity index (χ4n) is 2.25. The number of hydrogen-bond donors (Lipinski definition) is 1. The smallest absolute Gasteiger partial charge is 0.255 e. The minimum Gasteiger partial charge on any atom is -0.497 e. The fraction of sp³-hybridized carbons (Fsp3) is 0.235. The third-order valence-electron chi connectivity index (χ3n) is 3.39. The monoisotopic (exact) mass is 331 g/mol. The van der Waals surface area contributed by atoms with Gasteiger partial charge in [0.15, 0.2) is 0 Å². The van der Waals surface area contributed by atoms with Gasteiger partial charge in [-0.2, -0.15) is 0 Å². The summed E-state index contributed by atoms with van der Waals surface area (Å²) < 4.78 is 5.67. The zero-order valence-electron chi connectivity index (χ0n) is 12.2. The van der Waals surface area contributed by atoms with E-state index in [0.29, 0.717) is 10.1 Å². The summed E-state index contributed by atoms with van der Waals surface area (Å²) in [5.41, 5.74) is 2.68. The highest BCUT2D eigenvalue weighted by atomic mass is 32.2. The van der Waals surface area contributed by atoms with Gasteiger partial charge in [-0.25, -0.2) is 0 Å². The van der Waals surface area contributed by atoms with E-state index in [4.69, 9.17) is 4.74 Å². The number of thioether (sulfide) groups is 2. The van der Waals surface area contributed by atoms with Crippen molar-refractivity contribution >= 4 is 35.1 Å². The molecule has 2 aromatic carbocycles. The van der Waals surface area contributed by atoms with Crippen molar-refractivity contribution in [1.82, 2.24) is 0 Å². The van der Waals surface area contributed by atoms with Gasteiger partial charge in [-0.1, -0.05) is 18.2 Å². The molecule has 0 saturated carbocycles. The van der Waals surface area contributed by atoms with E-state index < -0.39 is 0 Å². The van der Waals surface area contributed by atoms with E-state index in [1.54, 1.807) is 13.2 Å². The molecule has 1 amide bonds. The molecule has 5 heteroatoms. The topological polar surface area (TPSA) is 38.3 Å². The van der Waals surface area contributed by atoms with Crippen molar-refractivity contribution in [2.24, 2.45) is 0 Å². The second-order valence-corrected chi connectivity index (χ2v) is 7.61. The van der Waals surface area contributed by atoms with E-state index in [9.17, 15) is 4.79 Å². The summed E-state index contributed by atoms with van der Waals surface area (Å²) >= 11 is 3.93. The predicted octanol–water partition coefficient (Wildman–Crippen LogP) is 4.43. The molecule has 0 bridgehead atoms. The number of benzene rings is 2. The van der Waals surface area contributed by atoms with Gasteiger partial charge >= 0.3 is 0 Å². The summed E-state index contributed by atoms with van der Waals surface area (Å²) in [6.07, 6.45) is 0. The molecule has 0 radical (unpaired) electrons. The zero-order valence-corrected chi connectivity index (χ0v) is 13.9. The quantitative estimate of drug-likeness (QED) is 0.900. The number of carbonyl (C=O) groups is 1. The van der Waals surface area contributed by atoms with Gasteiger partial charge in [0.2, 0.25) is 0 Å². The lowest BCUT2D eigenvalue weighted by molar-refractivity contribution is 0.102. The molecule has 1 fully saturated rings. The number of nitrogens with one attached hydrogen (secondary N) is 1. The van der Waals surface area contributed by atoms with Gasteiger partial charge < -0.3 is 10.1 Å². The lowest BCUT2D eigenvalue weighted by Crippen LogP contribution is -2.11. The maximum Gasteiger partial charge on any atom is 0.255 e. The summed E-state index contributed by atoms with van der Waals surface area (Å²) in [6.45, 7) is 0. The van der Waals surface area contributed by atoms with Crippen LogP contribution in [-0.2, 0) is 0 Å². The maximum atomic E-state index is 12.3. The van der Waals surface area contributed by atoms with Crippen LogP contribution >= 0.6 is 23.5 Å². The molecule has 0 aliphatic carbocycles. The van der Waals surface area contributed by atoms with Gasteiger partial charge in [-0.05, 0) is 29.8 Å². The van der Waals surface area contributed by atoms with Crippen molar-refractivity contribution in [2.75, 3.05) is 23.9 Å². The van der Waals surface area contributed by atoms with Crippen molar-refractivity contribution in [1.29, 1.82) is 0 Å². The van der Waals surface area contributed by atoms with Crippen LogP contribution in [0, 0.1) is 0 Å². The van der Waals surface area contributed by atoms with Crippen LogP contribution in [0.2, 0.25) is 0 Å². The van der Waals surface area contributed by atoms with Gasteiger partial charge in [0.05, 0.1) is 11.7 Å². The first-order valence-corrected chi connectivity index (χ1v) is 9.14. The fourth-order valence-corrected chi connectivity index (χ4v) is 5.11. The largest absolute Gasteiger partial charge is 0.497 e. The van der Waals surface area contributed by atoms with Gasteiger partial charge in [0, 0.05) is 28.8 Å². The van der Waals surface area contributed by atoms with Crippen molar-refractivity contribution in [3.63, 3.8) is 0 Å². The number of anilines is 1. The van der Waals surface area contributed by atoms with Gasteiger partial charge in [-0.15, -0.1) is 23.5 Å². The van der Waals surface area contributed by atoms with Gasteiger partial charge in [0.1, 0.15) is 5.75 Å². The summed E-state index contributed by atoms with van der Waals surface area (Å²) in [6, 6.07) is 15.2. The molecule has 0 unspecified atom stereocenters. The highest BCUT2D eigenvalue weighted by molar-refractivity contribution is 8.19. The first kappa shape index (κ1) is 15.3.